The summed E-state index contributed by atoms with van der Waals surface area (Å²) in [7, 11) is 4.70. The molecule has 0 bridgehead atoms. The lowest BCUT2D eigenvalue weighted by Gasteiger charge is -2.34. The van der Waals surface area contributed by atoms with Gasteiger partial charge in [-0.15, -0.1) is 11.8 Å². The molecule has 48 heavy (non-hydrogen) atoms. The average Bonchev–Trinajstić information content (AvgIpc) is 3.09. The molecule has 0 amide bonds. The topological polar surface area (TPSA) is 49.1 Å². The molecular formula is C40H59NO4S3. The summed E-state index contributed by atoms with van der Waals surface area (Å²) in [6.07, 6.45) is 14.9. The number of rotatable bonds is 23. The number of thiocarbonyl (C=S) groups is 1. The Morgan fingerprint density at radius 3 is 2.02 bits per heavy atom. The van der Waals surface area contributed by atoms with E-state index in [-0.39, 0.29) is 17.1 Å². The van der Waals surface area contributed by atoms with Crippen LogP contribution in [0.15, 0.2) is 48.5 Å². The lowest BCUT2D eigenvalue weighted by atomic mass is 9.70. The second kappa shape index (κ2) is 22.5. The smallest absolute Gasteiger partial charge is 0.311 e. The second-order valence-corrected chi connectivity index (χ2v) is 17.2. The minimum absolute atomic E-state index is 0.0529. The quantitative estimate of drug-likeness (QED) is 0.0492. The van der Waals surface area contributed by atoms with Gasteiger partial charge in [0.05, 0.1) is 26.7 Å². The fourth-order valence-corrected chi connectivity index (χ4v) is 9.37. The van der Waals surface area contributed by atoms with Gasteiger partial charge >= 0.3 is 5.97 Å². The van der Waals surface area contributed by atoms with Crippen molar-refractivity contribution in [1.82, 2.24) is 0 Å². The van der Waals surface area contributed by atoms with Crippen LogP contribution in [0.3, 0.4) is 0 Å². The zero-order valence-corrected chi connectivity index (χ0v) is 32.9. The third kappa shape index (κ3) is 14.7. The van der Waals surface area contributed by atoms with Gasteiger partial charge in [-0.25, -0.2) is 6.57 Å². The van der Waals surface area contributed by atoms with Gasteiger partial charge in [0.2, 0.25) is 5.54 Å². The molecule has 2 aromatic carbocycles. The van der Waals surface area contributed by atoms with Gasteiger partial charge in [-0.3, -0.25) is 4.79 Å². The van der Waals surface area contributed by atoms with Gasteiger partial charge in [0.1, 0.15) is 3.53 Å². The van der Waals surface area contributed by atoms with Crippen LogP contribution in [0.4, 0.5) is 0 Å². The molecule has 0 fully saturated rings. The molecule has 0 aromatic heterocycles. The van der Waals surface area contributed by atoms with E-state index in [0.29, 0.717) is 24.3 Å². The van der Waals surface area contributed by atoms with E-state index >= 15 is 0 Å². The summed E-state index contributed by atoms with van der Waals surface area (Å²) < 4.78 is 17.6. The Morgan fingerprint density at radius 2 is 1.46 bits per heavy atom. The van der Waals surface area contributed by atoms with Crippen LogP contribution in [0.5, 0.6) is 11.5 Å². The number of benzene rings is 2. The SMILES string of the molecule is [C-]#[N+]C(C)(C)CC(C)(CC(CC(SC(=S)SCCCCCCCCCCCC)c1ccccc1)c1ccc(OC)c(OC)c1)C(=O)OC. The van der Waals surface area contributed by atoms with Crippen molar-refractivity contribution in [3.63, 3.8) is 0 Å². The number of thioether (sulfide) groups is 2. The molecule has 0 heterocycles. The summed E-state index contributed by atoms with van der Waals surface area (Å²) in [5, 5.41) is 0.0766. The second-order valence-electron chi connectivity index (χ2n) is 13.7. The van der Waals surface area contributed by atoms with E-state index in [2.05, 4.69) is 42.1 Å². The summed E-state index contributed by atoms with van der Waals surface area (Å²) in [6, 6.07) is 16.5. The maximum Gasteiger partial charge on any atom is 0.311 e. The van der Waals surface area contributed by atoms with Crippen molar-refractivity contribution < 1.29 is 19.0 Å². The van der Waals surface area contributed by atoms with Gasteiger partial charge in [0.25, 0.3) is 0 Å². The molecule has 266 valence electrons. The average molecular weight is 714 g/mol. The Labute approximate surface area is 305 Å². The number of ether oxygens (including phenoxy) is 3. The number of carbonyl (C=O) groups is 1. The summed E-state index contributed by atoms with van der Waals surface area (Å²) in [5.41, 5.74) is 0.660. The molecule has 0 aliphatic carbocycles. The summed E-state index contributed by atoms with van der Waals surface area (Å²) >= 11 is 9.53. The molecule has 5 nitrogen and oxygen atoms in total. The normalized spacial score (nSPS) is 14.0. The van der Waals surface area contributed by atoms with Crippen molar-refractivity contribution in [3.8, 4) is 11.5 Å². The minimum atomic E-state index is -0.878. The predicted octanol–water partition coefficient (Wildman–Crippen LogP) is 12.2. The van der Waals surface area contributed by atoms with E-state index in [1.54, 1.807) is 37.7 Å². The maximum atomic E-state index is 13.4. The molecule has 8 heteroatoms. The molecule has 0 spiro atoms. The van der Waals surface area contributed by atoms with Gasteiger partial charge < -0.3 is 19.1 Å². The van der Waals surface area contributed by atoms with Crippen molar-refractivity contribution in [3.05, 3.63) is 71.1 Å². The highest BCUT2D eigenvalue weighted by Crippen LogP contribution is 2.48. The molecule has 0 saturated heterocycles. The van der Waals surface area contributed by atoms with Gasteiger partial charge in [-0.1, -0.05) is 125 Å². The number of hydrogen-bond donors (Lipinski definition) is 0. The highest BCUT2D eigenvalue weighted by atomic mass is 32.2. The zero-order valence-electron chi connectivity index (χ0n) is 30.5. The maximum absolute atomic E-state index is 13.4. The summed E-state index contributed by atoms with van der Waals surface area (Å²) in [5.74, 6) is 1.99. The van der Waals surface area contributed by atoms with Gasteiger partial charge in [-0.2, -0.15) is 0 Å². The largest absolute Gasteiger partial charge is 0.493 e. The highest BCUT2D eigenvalue weighted by molar-refractivity contribution is 8.47. The van der Waals surface area contributed by atoms with Crippen LogP contribution < -0.4 is 9.47 Å². The molecule has 0 aliphatic rings. The molecule has 2 rings (SSSR count). The molecule has 3 atom stereocenters. The zero-order chi connectivity index (χ0) is 35.4. The van der Waals surface area contributed by atoms with Crippen molar-refractivity contribution in [2.75, 3.05) is 27.1 Å². The third-order valence-electron chi connectivity index (χ3n) is 9.01. The van der Waals surface area contributed by atoms with Crippen molar-refractivity contribution in [2.45, 2.75) is 128 Å². The van der Waals surface area contributed by atoms with Gasteiger partial charge in [0, 0.05) is 25.5 Å². The first-order chi connectivity index (χ1) is 23.0. The molecule has 0 aliphatic heterocycles. The van der Waals surface area contributed by atoms with Crippen LogP contribution in [-0.4, -0.2) is 42.1 Å². The van der Waals surface area contributed by atoms with Crippen LogP contribution in [0.1, 0.15) is 133 Å². The van der Waals surface area contributed by atoms with Crippen molar-refractivity contribution in [2.24, 2.45) is 5.41 Å². The monoisotopic (exact) mass is 713 g/mol. The lowest BCUT2D eigenvalue weighted by molar-refractivity contribution is -0.153. The first-order valence-corrected chi connectivity index (χ1v) is 19.9. The molecule has 2 aromatic rings. The summed E-state index contributed by atoms with van der Waals surface area (Å²) in [4.78, 5) is 17.3. The number of unbranched alkanes of at least 4 members (excludes halogenated alkanes) is 9. The Morgan fingerprint density at radius 1 is 0.854 bits per heavy atom. The first kappa shape index (κ1) is 42.0. The van der Waals surface area contributed by atoms with E-state index in [9.17, 15) is 4.79 Å². The minimum Gasteiger partial charge on any atom is -0.493 e. The van der Waals surface area contributed by atoms with Crippen LogP contribution in [-0.2, 0) is 9.53 Å². The van der Waals surface area contributed by atoms with Crippen molar-refractivity contribution >= 4 is 45.2 Å². The van der Waals surface area contributed by atoms with Gasteiger partial charge in [-0.05, 0) is 61.1 Å². The Hall–Kier alpha value is -2.21. The fourth-order valence-electron chi connectivity index (χ4n) is 6.53. The highest BCUT2D eigenvalue weighted by Gasteiger charge is 2.45. The lowest BCUT2D eigenvalue weighted by Crippen LogP contribution is -2.37. The van der Waals surface area contributed by atoms with Crippen LogP contribution in [0.2, 0.25) is 0 Å². The van der Waals surface area contributed by atoms with E-state index in [0.717, 1.165) is 21.3 Å². The number of nitrogens with zero attached hydrogens (tertiary/aromatic N) is 1. The number of carbonyl (C=O) groups excluding carboxylic acids is 1. The van der Waals surface area contributed by atoms with Crippen molar-refractivity contribution in [1.29, 1.82) is 0 Å². The Bertz CT molecular complexity index is 1280. The number of methoxy groups -OCH3 is 3. The van der Waals surface area contributed by atoms with E-state index in [1.165, 1.54) is 76.9 Å². The van der Waals surface area contributed by atoms with Crippen LogP contribution in [0.25, 0.3) is 4.85 Å². The Balaban J connectivity index is 2.25. The molecule has 0 saturated carbocycles. The number of esters is 1. The van der Waals surface area contributed by atoms with Crippen LogP contribution in [0, 0.1) is 12.0 Å². The van der Waals surface area contributed by atoms with Crippen LogP contribution >= 0.6 is 35.7 Å². The van der Waals surface area contributed by atoms with E-state index < -0.39 is 11.0 Å². The van der Waals surface area contributed by atoms with E-state index in [4.69, 9.17) is 33.0 Å². The van der Waals surface area contributed by atoms with Gasteiger partial charge in [0.15, 0.2) is 11.5 Å². The van der Waals surface area contributed by atoms with E-state index in [1.807, 2.05) is 39.0 Å². The standard InChI is InChI=1S/C40H59NO4S3/c1-9-10-11-12-13-14-15-16-17-21-26-47-38(46)48-36(31-22-19-18-20-23-31)28-33(32-24-25-34(43-6)35(27-32)44-7)29-40(4,37(42)45-8)30-39(2,3)41-5/h18-20,22-25,27,33,36H,9-17,21,26,28-30H2,1-4,6-8H3. The molecule has 0 radical (unpaired) electrons. The summed E-state index contributed by atoms with van der Waals surface area (Å²) in [6.45, 7) is 15.8. The number of hydrogen-bond acceptors (Lipinski definition) is 7. The molecule has 0 N–H and O–H groups in total. The third-order valence-corrected chi connectivity index (χ3v) is 12.0. The molecular weight excluding hydrogens is 655 g/mol. The fraction of sp³-hybridized carbons (Fsp3) is 0.625. The first-order valence-electron chi connectivity index (χ1n) is 17.6. The predicted molar refractivity (Wildman–Crippen MR) is 211 cm³/mol. The Kier molecular flexibility index (Phi) is 19.7. The molecule has 3 unspecified atom stereocenters.